The molecule has 0 aromatic heterocycles. The third-order valence-corrected chi connectivity index (χ3v) is 10.2. The van der Waals surface area contributed by atoms with Crippen molar-refractivity contribution >= 4 is 21.9 Å². The van der Waals surface area contributed by atoms with Crippen LogP contribution in [-0.2, 0) is 30.8 Å². The Labute approximate surface area is 237 Å². The van der Waals surface area contributed by atoms with Crippen LogP contribution in [0, 0.1) is 6.92 Å². The quantitative estimate of drug-likeness (QED) is 0.437. The third-order valence-electron chi connectivity index (χ3n) is 8.26. The second-order valence-corrected chi connectivity index (χ2v) is 13.0. The number of nitrogens with zero attached hydrogens (tertiary/aromatic N) is 2. The van der Waals surface area contributed by atoms with Crippen molar-refractivity contribution in [2.24, 2.45) is 0 Å². The number of nitrogens with one attached hydrogen (secondary N) is 1. The van der Waals surface area contributed by atoms with Gasteiger partial charge in [0, 0.05) is 26.6 Å². The number of rotatable bonds is 10. The van der Waals surface area contributed by atoms with Crippen LogP contribution in [0.3, 0.4) is 0 Å². The summed E-state index contributed by atoms with van der Waals surface area (Å²) in [5.41, 5.74) is 0.478. The fourth-order valence-electron chi connectivity index (χ4n) is 5.61. The summed E-state index contributed by atoms with van der Waals surface area (Å²) in [5.74, 6) is -0.303. The highest BCUT2D eigenvalue weighted by Gasteiger charge is 2.50. The van der Waals surface area contributed by atoms with Crippen LogP contribution < -0.4 is 10.1 Å². The third kappa shape index (κ3) is 6.67. The van der Waals surface area contributed by atoms with E-state index < -0.39 is 33.5 Å². The van der Waals surface area contributed by atoms with E-state index in [4.69, 9.17) is 9.47 Å². The second kappa shape index (κ2) is 12.7. The van der Waals surface area contributed by atoms with E-state index in [2.05, 4.69) is 17.3 Å². The number of esters is 1. The molecule has 218 valence electrons. The Hall–Kier alpha value is -2.95. The molecule has 1 aliphatic heterocycles. The maximum absolute atomic E-state index is 13.8. The van der Waals surface area contributed by atoms with Gasteiger partial charge in [0.15, 0.2) is 0 Å². The summed E-state index contributed by atoms with van der Waals surface area (Å²) in [7, 11) is 0.896. The van der Waals surface area contributed by atoms with Crippen molar-refractivity contribution in [2.45, 2.75) is 74.4 Å². The van der Waals surface area contributed by atoms with E-state index in [1.807, 2.05) is 31.2 Å². The van der Waals surface area contributed by atoms with Crippen molar-refractivity contribution in [2.75, 3.05) is 34.3 Å². The van der Waals surface area contributed by atoms with E-state index in [0.717, 1.165) is 42.8 Å². The molecule has 2 aromatic carbocycles. The molecule has 0 spiro atoms. The molecule has 2 fully saturated rings. The van der Waals surface area contributed by atoms with Crippen molar-refractivity contribution in [1.29, 1.82) is 0 Å². The first-order chi connectivity index (χ1) is 19.0. The summed E-state index contributed by atoms with van der Waals surface area (Å²) in [4.78, 5) is 29.0. The molecule has 2 aromatic rings. The molecule has 1 aliphatic carbocycles. The Kier molecular flexibility index (Phi) is 9.53. The van der Waals surface area contributed by atoms with Crippen molar-refractivity contribution in [3.8, 4) is 5.75 Å². The summed E-state index contributed by atoms with van der Waals surface area (Å²) >= 11 is 0. The number of carbonyl (C=O) groups excluding carboxylic acids is 2. The van der Waals surface area contributed by atoms with Crippen molar-refractivity contribution in [1.82, 2.24) is 14.5 Å². The van der Waals surface area contributed by atoms with Crippen molar-refractivity contribution in [3.63, 3.8) is 0 Å². The fraction of sp³-hybridized carbons (Fsp3) is 0.533. The molecular weight excluding hydrogens is 530 g/mol. The number of amides is 1. The van der Waals surface area contributed by atoms with Gasteiger partial charge in [0.2, 0.25) is 15.9 Å². The molecule has 1 saturated carbocycles. The van der Waals surface area contributed by atoms with E-state index in [1.165, 1.54) is 18.5 Å². The molecule has 0 radical (unpaired) electrons. The summed E-state index contributed by atoms with van der Waals surface area (Å²) in [6.07, 6.45) is 4.51. The smallest absolute Gasteiger partial charge is 0.328 e. The number of carbonyl (C=O) groups is 2. The average Bonchev–Trinajstić information content (AvgIpc) is 3.45. The normalized spacial score (nSPS) is 18.8. The summed E-state index contributed by atoms with van der Waals surface area (Å²) in [6.45, 7) is 3.90. The van der Waals surface area contributed by atoms with Gasteiger partial charge in [-0.05, 0) is 69.5 Å². The highest BCUT2D eigenvalue weighted by Crippen LogP contribution is 2.38. The minimum absolute atomic E-state index is 0.131. The maximum atomic E-state index is 13.8. The molecule has 10 heteroatoms. The van der Waals surface area contributed by atoms with Gasteiger partial charge < -0.3 is 19.7 Å². The Morgan fingerprint density at radius 3 is 2.23 bits per heavy atom. The largest absolute Gasteiger partial charge is 0.490 e. The summed E-state index contributed by atoms with van der Waals surface area (Å²) in [6, 6.07) is 13.1. The van der Waals surface area contributed by atoms with E-state index >= 15 is 0 Å². The predicted octanol–water partition coefficient (Wildman–Crippen LogP) is 3.30. The molecule has 9 nitrogen and oxygen atoms in total. The van der Waals surface area contributed by atoms with Gasteiger partial charge in [-0.2, -0.15) is 4.31 Å². The zero-order valence-electron chi connectivity index (χ0n) is 23.9. The lowest BCUT2D eigenvalue weighted by Crippen LogP contribution is -2.60. The van der Waals surface area contributed by atoms with Crippen LogP contribution in [-0.4, -0.2) is 81.5 Å². The minimum Gasteiger partial charge on any atom is -0.490 e. The van der Waals surface area contributed by atoms with Crippen LogP contribution in [0.5, 0.6) is 5.75 Å². The Bertz CT molecular complexity index is 1270. The summed E-state index contributed by atoms with van der Waals surface area (Å²) in [5, 5.41) is 2.84. The topological polar surface area (TPSA) is 105 Å². The van der Waals surface area contributed by atoms with Gasteiger partial charge in [-0.1, -0.05) is 42.7 Å². The van der Waals surface area contributed by atoms with Crippen molar-refractivity contribution in [3.05, 3.63) is 59.7 Å². The van der Waals surface area contributed by atoms with Gasteiger partial charge in [-0.25, -0.2) is 13.2 Å². The van der Waals surface area contributed by atoms with Gasteiger partial charge >= 0.3 is 5.97 Å². The van der Waals surface area contributed by atoms with Gasteiger partial charge in [0.25, 0.3) is 0 Å². The highest BCUT2D eigenvalue weighted by molar-refractivity contribution is 7.89. The first kappa shape index (κ1) is 30.0. The van der Waals surface area contributed by atoms with Crippen LogP contribution in [0.15, 0.2) is 53.4 Å². The number of ether oxygens (including phenoxy) is 2. The van der Waals surface area contributed by atoms with E-state index in [0.29, 0.717) is 25.7 Å². The van der Waals surface area contributed by atoms with Gasteiger partial charge in [0.1, 0.15) is 23.4 Å². The van der Waals surface area contributed by atoms with Gasteiger partial charge in [-0.3, -0.25) is 4.79 Å². The molecule has 2 aliphatic rings. The number of hydrogen-bond acceptors (Lipinski definition) is 7. The highest BCUT2D eigenvalue weighted by atomic mass is 32.2. The minimum atomic E-state index is -3.94. The number of aryl methyl sites for hydroxylation is 1. The predicted molar refractivity (Wildman–Crippen MR) is 153 cm³/mol. The SMILES string of the molecule is COC(=O)[C@H](Cc1ccc(OC2CCN(C)CC2)cc1)NC(=O)C1(N(C)S(=O)(=O)c2ccc(C)cc2)CCCC1. The molecule has 0 bridgehead atoms. The van der Waals surface area contributed by atoms with Gasteiger partial charge in [0.05, 0.1) is 12.0 Å². The number of likely N-dealkylation sites (tertiary alicyclic amines) is 1. The van der Waals surface area contributed by atoms with Crippen LogP contribution in [0.2, 0.25) is 0 Å². The standard InChI is InChI=1S/C30H41N3O6S/c1-22-7-13-26(14-8-22)40(36,37)33(3)30(17-5-6-18-30)29(35)31-27(28(34)38-4)21-23-9-11-24(12-10-23)39-25-15-19-32(2)20-16-25/h7-14,25,27H,5-6,15-21H2,1-4H3,(H,31,35)/t27-/m0/s1. The first-order valence-corrected chi connectivity index (χ1v) is 15.4. The summed E-state index contributed by atoms with van der Waals surface area (Å²) < 4.78 is 39.4. The lowest BCUT2D eigenvalue weighted by atomic mass is 9.95. The zero-order chi connectivity index (χ0) is 28.9. The number of hydrogen-bond donors (Lipinski definition) is 1. The van der Waals surface area contributed by atoms with E-state index in [1.54, 1.807) is 24.3 Å². The molecule has 1 atom stereocenters. The molecule has 40 heavy (non-hydrogen) atoms. The van der Waals surface area contributed by atoms with Gasteiger partial charge in [-0.15, -0.1) is 0 Å². The van der Waals surface area contributed by atoms with E-state index in [-0.39, 0.29) is 17.4 Å². The van der Waals surface area contributed by atoms with Crippen LogP contribution in [0.25, 0.3) is 0 Å². The number of benzene rings is 2. The molecule has 4 rings (SSSR count). The number of sulfonamides is 1. The number of likely N-dealkylation sites (N-methyl/N-ethyl adjacent to an activating group) is 1. The number of methoxy groups -OCH3 is 1. The van der Waals surface area contributed by atoms with Crippen LogP contribution in [0.1, 0.15) is 49.7 Å². The zero-order valence-corrected chi connectivity index (χ0v) is 24.7. The van der Waals surface area contributed by atoms with E-state index in [9.17, 15) is 18.0 Å². The van der Waals surface area contributed by atoms with Crippen LogP contribution >= 0.6 is 0 Å². The molecule has 1 heterocycles. The Morgan fingerprint density at radius 2 is 1.65 bits per heavy atom. The van der Waals surface area contributed by atoms with Crippen molar-refractivity contribution < 1.29 is 27.5 Å². The lowest BCUT2D eigenvalue weighted by molar-refractivity contribution is -0.146. The van der Waals surface area contributed by atoms with Crippen LogP contribution in [0.4, 0.5) is 0 Å². The lowest BCUT2D eigenvalue weighted by Gasteiger charge is -2.37. The first-order valence-electron chi connectivity index (χ1n) is 13.9. The monoisotopic (exact) mass is 571 g/mol. The maximum Gasteiger partial charge on any atom is 0.328 e. The average molecular weight is 572 g/mol. The molecule has 1 saturated heterocycles. The Morgan fingerprint density at radius 1 is 1.05 bits per heavy atom. The molecule has 1 amide bonds. The second-order valence-electron chi connectivity index (χ2n) is 11.0. The molecule has 0 unspecified atom stereocenters. The molecular formula is C30H41N3O6S. The Balaban J connectivity index is 1.48. The fourth-order valence-corrected chi connectivity index (χ4v) is 7.13. The molecule has 1 N–H and O–H groups in total. The number of piperidine rings is 1.